The zero-order valence-corrected chi connectivity index (χ0v) is 11.1. The van der Waals surface area contributed by atoms with Gasteiger partial charge in [0.25, 0.3) is 0 Å². The quantitative estimate of drug-likeness (QED) is 0.743. The molecule has 0 amide bonds. The van der Waals surface area contributed by atoms with Crippen LogP contribution >= 0.6 is 0 Å². The lowest BCUT2D eigenvalue weighted by Crippen LogP contribution is -2.18. The first-order chi connectivity index (χ1) is 8.81. The topological polar surface area (TPSA) is 27.8 Å². The molecular formula is C16H22N2. The molecule has 2 atom stereocenters. The van der Waals surface area contributed by atoms with Gasteiger partial charge < -0.3 is 10.3 Å². The van der Waals surface area contributed by atoms with Crippen molar-refractivity contribution in [3.63, 3.8) is 0 Å². The third-order valence-corrected chi connectivity index (χ3v) is 4.18. The minimum atomic E-state index is 0.659. The number of benzene rings is 1. The van der Waals surface area contributed by atoms with Crippen molar-refractivity contribution >= 4 is 16.6 Å². The van der Waals surface area contributed by atoms with Crippen LogP contribution in [-0.2, 0) is 0 Å². The van der Waals surface area contributed by atoms with E-state index in [0.717, 1.165) is 5.92 Å². The zero-order chi connectivity index (χ0) is 12.4. The number of aromatic nitrogens is 1. The molecule has 2 heteroatoms. The fourth-order valence-corrected chi connectivity index (χ4v) is 3.01. The number of hydrogen-bond donors (Lipinski definition) is 2. The summed E-state index contributed by atoms with van der Waals surface area (Å²) >= 11 is 0. The number of nitrogens with one attached hydrogen (secondary N) is 2. The Balaban J connectivity index is 1.71. The molecule has 1 saturated carbocycles. The molecule has 0 spiro atoms. The molecular weight excluding hydrogens is 220 g/mol. The standard InChI is InChI=1S/C16H22N2/c1-12-3-2-4-14(6-5-12)18-15-7-8-16-13(11-15)9-10-17-16/h7-12,14,17-18H,2-6H2,1H3. The number of rotatable bonds is 2. The van der Waals surface area contributed by atoms with E-state index in [1.165, 1.54) is 48.7 Å². The highest BCUT2D eigenvalue weighted by atomic mass is 14.9. The molecule has 1 aliphatic rings. The van der Waals surface area contributed by atoms with Gasteiger partial charge in [0.15, 0.2) is 0 Å². The van der Waals surface area contributed by atoms with E-state index in [2.05, 4.69) is 41.5 Å². The maximum Gasteiger partial charge on any atom is 0.0455 e. The van der Waals surface area contributed by atoms with Gasteiger partial charge in [-0.15, -0.1) is 0 Å². The first-order valence-corrected chi connectivity index (χ1v) is 7.15. The fourth-order valence-electron chi connectivity index (χ4n) is 3.01. The van der Waals surface area contributed by atoms with Gasteiger partial charge in [0.1, 0.15) is 0 Å². The largest absolute Gasteiger partial charge is 0.382 e. The van der Waals surface area contributed by atoms with Gasteiger partial charge in [0, 0.05) is 28.8 Å². The molecule has 96 valence electrons. The van der Waals surface area contributed by atoms with Crippen molar-refractivity contribution in [1.82, 2.24) is 4.98 Å². The molecule has 1 heterocycles. The van der Waals surface area contributed by atoms with Gasteiger partial charge in [-0.25, -0.2) is 0 Å². The molecule has 1 aromatic heterocycles. The van der Waals surface area contributed by atoms with Crippen LogP contribution in [0.3, 0.4) is 0 Å². The molecule has 0 radical (unpaired) electrons. The van der Waals surface area contributed by atoms with E-state index in [0.29, 0.717) is 6.04 Å². The predicted octanol–water partition coefficient (Wildman–Crippen LogP) is 4.55. The molecule has 1 aliphatic carbocycles. The highest BCUT2D eigenvalue weighted by Gasteiger charge is 2.15. The second-order valence-electron chi connectivity index (χ2n) is 5.73. The van der Waals surface area contributed by atoms with E-state index in [1.54, 1.807) is 0 Å². The number of fused-ring (bicyclic) bond motifs is 1. The van der Waals surface area contributed by atoms with Crippen LogP contribution in [0.1, 0.15) is 39.0 Å². The number of H-pyrrole nitrogens is 1. The van der Waals surface area contributed by atoms with Gasteiger partial charge in [-0.1, -0.05) is 19.8 Å². The van der Waals surface area contributed by atoms with Crippen LogP contribution in [-0.4, -0.2) is 11.0 Å². The Labute approximate surface area is 109 Å². The Morgan fingerprint density at radius 3 is 3.00 bits per heavy atom. The van der Waals surface area contributed by atoms with E-state index in [9.17, 15) is 0 Å². The second-order valence-corrected chi connectivity index (χ2v) is 5.73. The molecule has 3 rings (SSSR count). The van der Waals surface area contributed by atoms with E-state index >= 15 is 0 Å². The van der Waals surface area contributed by atoms with E-state index in [1.807, 2.05) is 6.20 Å². The summed E-state index contributed by atoms with van der Waals surface area (Å²) in [6, 6.07) is 9.39. The Morgan fingerprint density at radius 1 is 1.11 bits per heavy atom. The van der Waals surface area contributed by atoms with Crippen molar-refractivity contribution in [2.45, 2.75) is 45.1 Å². The van der Waals surface area contributed by atoms with Crippen molar-refractivity contribution < 1.29 is 0 Å². The van der Waals surface area contributed by atoms with Crippen LogP contribution in [0.15, 0.2) is 30.5 Å². The van der Waals surface area contributed by atoms with Crippen molar-refractivity contribution in [3.8, 4) is 0 Å². The average Bonchev–Trinajstić information content (AvgIpc) is 2.74. The molecule has 2 aromatic rings. The van der Waals surface area contributed by atoms with Crippen LogP contribution in [0.4, 0.5) is 5.69 Å². The molecule has 1 aromatic carbocycles. The highest BCUT2D eigenvalue weighted by Crippen LogP contribution is 2.26. The molecule has 0 bridgehead atoms. The van der Waals surface area contributed by atoms with Crippen molar-refractivity contribution in [3.05, 3.63) is 30.5 Å². The summed E-state index contributed by atoms with van der Waals surface area (Å²) in [4.78, 5) is 3.24. The first kappa shape index (κ1) is 11.6. The summed E-state index contributed by atoms with van der Waals surface area (Å²) in [5.41, 5.74) is 2.48. The van der Waals surface area contributed by atoms with Gasteiger partial charge in [-0.3, -0.25) is 0 Å². The third kappa shape index (κ3) is 2.53. The Hall–Kier alpha value is -1.44. The lowest BCUT2D eigenvalue weighted by Gasteiger charge is -2.17. The van der Waals surface area contributed by atoms with Gasteiger partial charge >= 0.3 is 0 Å². The maximum absolute atomic E-state index is 3.71. The van der Waals surface area contributed by atoms with Crippen LogP contribution in [0.5, 0.6) is 0 Å². The number of anilines is 1. The molecule has 2 unspecified atom stereocenters. The monoisotopic (exact) mass is 242 g/mol. The normalized spacial score (nSPS) is 24.9. The summed E-state index contributed by atoms with van der Waals surface area (Å²) in [5, 5.41) is 5.00. The number of aromatic amines is 1. The maximum atomic E-state index is 3.71. The van der Waals surface area contributed by atoms with Crippen LogP contribution in [0.25, 0.3) is 10.9 Å². The van der Waals surface area contributed by atoms with Crippen LogP contribution in [0.2, 0.25) is 0 Å². The molecule has 2 N–H and O–H groups in total. The average molecular weight is 242 g/mol. The SMILES string of the molecule is CC1CCCC(Nc2ccc3[nH]ccc3c2)CC1. The van der Waals surface area contributed by atoms with Gasteiger partial charge in [0.05, 0.1) is 0 Å². The molecule has 18 heavy (non-hydrogen) atoms. The van der Waals surface area contributed by atoms with Gasteiger partial charge in [-0.05, 0) is 49.4 Å². The van der Waals surface area contributed by atoms with Crippen LogP contribution in [0, 0.1) is 5.92 Å². The van der Waals surface area contributed by atoms with Crippen LogP contribution < -0.4 is 5.32 Å². The summed E-state index contributed by atoms with van der Waals surface area (Å²) in [7, 11) is 0. The van der Waals surface area contributed by atoms with Crippen molar-refractivity contribution in [1.29, 1.82) is 0 Å². The van der Waals surface area contributed by atoms with E-state index < -0.39 is 0 Å². The Kier molecular flexibility index (Phi) is 3.26. The van der Waals surface area contributed by atoms with Gasteiger partial charge in [-0.2, -0.15) is 0 Å². The zero-order valence-electron chi connectivity index (χ0n) is 11.1. The molecule has 0 saturated heterocycles. The molecule has 1 fully saturated rings. The molecule has 0 aliphatic heterocycles. The Bertz CT molecular complexity index is 515. The van der Waals surface area contributed by atoms with Gasteiger partial charge in [0.2, 0.25) is 0 Å². The third-order valence-electron chi connectivity index (χ3n) is 4.18. The van der Waals surface area contributed by atoms with Crippen molar-refractivity contribution in [2.75, 3.05) is 5.32 Å². The minimum absolute atomic E-state index is 0.659. The number of hydrogen-bond acceptors (Lipinski definition) is 1. The summed E-state index contributed by atoms with van der Waals surface area (Å²) in [6.07, 6.45) is 8.76. The minimum Gasteiger partial charge on any atom is -0.382 e. The fraction of sp³-hybridized carbons (Fsp3) is 0.500. The first-order valence-electron chi connectivity index (χ1n) is 7.15. The Morgan fingerprint density at radius 2 is 2.06 bits per heavy atom. The summed E-state index contributed by atoms with van der Waals surface area (Å²) in [5.74, 6) is 0.906. The van der Waals surface area contributed by atoms with E-state index in [-0.39, 0.29) is 0 Å². The van der Waals surface area contributed by atoms with E-state index in [4.69, 9.17) is 0 Å². The highest BCUT2D eigenvalue weighted by molar-refractivity contribution is 5.83. The smallest absolute Gasteiger partial charge is 0.0455 e. The van der Waals surface area contributed by atoms with Crippen molar-refractivity contribution in [2.24, 2.45) is 5.92 Å². The lowest BCUT2D eigenvalue weighted by molar-refractivity contribution is 0.502. The summed E-state index contributed by atoms with van der Waals surface area (Å²) in [6.45, 7) is 2.38. The summed E-state index contributed by atoms with van der Waals surface area (Å²) < 4.78 is 0. The second kappa shape index (κ2) is 5.05. The predicted molar refractivity (Wildman–Crippen MR) is 78.0 cm³/mol. The lowest BCUT2D eigenvalue weighted by atomic mass is 10.0. The molecule has 2 nitrogen and oxygen atoms in total.